The second kappa shape index (κ2) is 14.3. The Labute approximate surface area is 119 Å². The van der Waals surface area contributed by atoms with E-state index in [2.05, 4.69) is 20.8 Å². The maximum atomic E-state index is 5.88. The van der Waals surface area contributed by atoms with Crippen molar-refractivity contribution >= 4 is 0 Å². The van der Waals surface area contributed by atoms with E-state index in [-0.39, 0.29) is 6.04 Å². The summed E-state index contributed by atoms with van der Waals surface area (Å²) < 4.78 is 16.4. The summed E-state index contributed by atoms with van der Waals surface area (Å²) in [5.74, 6) is 0.563. The first kappa shape index (κ1) is 18.8. The van der Waals surface area contributed by atoms with Crippen LogP contribution < -0.4 is 5.73 Å². The topological polar surface area (TPSA) is 53.7 Å². The minimum atomic E-state index is 0.255. The van der Waals surface area contributed by atoms with E-state index in [1.807, 2.05) is 0 Å². The van der Waals surface area contributed by atoms with Gasteiger partial charge in [-0.3, -0.25) is 0 Å². The Balaban J connectivity index is 3.14. The predicted molar refractivity (Wildman–Crippen MR) is 79.4 cm³/mol. The summed E-state index contributed by atoms with van der Waals surface area (Å²) >= 11 is 0. The number of nitrogens with two attached hydrogens (primary N) is 1. The van der Waals surface area contributed by atoms with Crippen molar-refractivity contribution in [3.05, 3.63) is 0 Å². The van der Waals surface area contributed by atoms with E-state index in [1.54, 1.807) is 0 Å². The molecule has 0 saturated heterocycles. The zero-order valence-electron chi connectivity index (χ0n) is 13.0. The Bertz CT molecular complexity index is 177. The van der Waals surface area contributed by atoms with Crippen LogP contribution in [0.5, 0.6) is 0 Å². The first-order chi connectivity index (χ1) is 9.22. The van der Waals surface area contributed by atoms with Gasteiger partial charge in [-0.25, -0.2) is 0 Å². The number of hydrogen-bond donors (Lipinski definition) is 1. The summed E-state index contributed by atoms with van der Waals surface area (Å²) in [6, 6.07) is 0.255. The molecule has 0 bridgehead atoms. The van der Waals surface area contributed by atoms with Crippen molar-refractivity contribution in [1.29, 1.82) is 0 Å². The molecule has 2 unspecified atom stereocenters. The predicted octanol–water partition coefficient (Wildman–Crippen LogP) is 2.60. The Kier molecular flexibility index (Phi) is 14.1. The van der Waals surface area contributed by atoms with Crippen molar-refractivity contribution in [3.8, 4) is 0 Å². The van der Waals surface area contributed by atoms with Crippen molar-refractivity contribution in [2.45, 2.75) is 52.5 Å². The second-order valence-electron chi connectivity index (χ2n) is 5.01. The molecule has 0 rings (SSSR count). The molecule has 0 heterocycles. The van der Waals surface area contributed by atoms with Gasteiger partial charge in [0.25, 0.3) is 0 Å². The largest absolute Gasteiger partial charge is 0.379 e. The van der Waals surface area contributed by atoms with Gasteiger partial charge < -0.3 is 19.9 Å². The van der Waals surface area contributed by atoms with Crippen molar-refractivity contribution in [1.82, 2.24) is 0 Å². The van der Waals surface area contributed by atoms with Gasteiger partial charge in [0.2, 0.25) is 0 Å². The van der Waals surface area contributed by atoms with E-state index >= 15 is 0 Å². The minimum Gasteiger partial charge on any atom is -0.379 e. The molecule has 4 heteroatoms. The molecule has 0 saturated carbocycles. The molecule has 0 amide bonds. The van der Waals surface area contributed by atoms with Gasteiger partial charge in [0.05, 0.1) is 26.4 Å². The maximum Gasteiger partial charge on any atom is 0.0701 e. The van der Waals surface area contributed by atoms with Gasteiger partial charge in [-0.15, -0.1) is 0 Å². The molecule has 0 aliphatic carbocycles. The fourth-order valence-electron chi connectivity index (χ4n) is 1.86. The lowest BCUT2D eigenvalue weighted by atomic mass is 9.96. The van der Waals surface area contributed by atoms with Gasteiger partial charge in [0, 0.05) is 19.3 Å². The fraction of sp³-hybridized carbons (Fsp3) is 1.00. The van der Waals surface area contributed by atoms with Gasteiger partial charge in [-0.05, 0) is 25.7 Å². The molecule has 4 nitrogen and oxygen atoms in total. The zero-order chi connectivity index (χ0) is 14.3. The number of rotatable bonds is 14. The van der Waals surface area contributed by atoms with Crippen molar-refractivity contribution < 1.29 is 14.2 Å². The van der Waals surface area contributed by atoms with Crippen LogP contribution in [0.4, 0.5) is 0 Å². The first-order valence-corrected chi connectivity index (χ1v) is 7.71. The molecule has 0 aliphatic rings. The van der Waals surface area contributed by atoms with Gasteiger partial charge >= 0.3 is 0 Å². The lowest BCUT2D eigenvalue weighted by Crippen LogP contribution is -2.27. The third kappa shape index (κ3) is 12.6. The highest BCUT2D eigenvalue weighted by atomic mass is 16.5. The molecule has 0 fully saturated rings. The van der Waals surface area contributed by atoms with Crippen LogP contribution >= 0.6 is 0 Å². The van der Waals surface area contributed by atoms with Crippen LogP contribution in [0.3, 0.4) is 0 Å². The Hall–Kier alpha value is -0.160. The molecule has 0 aliphatic heterocycles. The van der Waals surface area contributed by atoms with Crippen LogP contribution in [0, 0.1) is 5.92 Å². The molecular weight excluding hydrogens is 242 g/mol. The van der Waals surface area contributed by atoms with Crippen molar-refractivity contribution in [2.75, 3.05) is 39.6 Å². The van der Waals surface area contributed by atoms with Crippen LogP contribution in [0.15, 0.2) is 0 Å². The van der Waals surface area contributed by atoms with E-state index in [0.717, 1.165) is 32.5 Å². The Morgan fingerprint density at radius 2 is 1.37 bits per heavy atom. The summed E-state index contributed by atoms with van der Waals surface area (Å²) in [6.07, 6.45) is 4.46. The molecule has 0 radical (unpaired) electrons. The molecule has 0 spiro atoms. The first-order valence-electron chi connectivity index (χ1n) is 7.71. The minimum absolute atomic E-state index is 0.255. The van der Waals surface area contributed by atoms with Gasteiger partial charge in [0.1, 0.15) is 0 Å². The third-order valence-electron chi connectivity index (χ3n) is 3.29. The van der Waals surface area contributed by atoms with E-state index in [9.17, 15) is 0 Å². The number of ether oxygens (including phenoxy) is 3. The Morgan fingerprint density at radius 1 is 0.842 bits per heavy atom. The summed E-state index contributed by atoms with van der Waals surface area (Å²) in [5.41, 5.74) is 5.88. The zero-order valence-corrected chi connectivity index (χ0v) is 13.0. The van der Waals surface area contributed by atoms with Gasteiger partial charge in [-0.2, -0.15) is 0 Å². The molecule has 0 aromatic heterocycles. The number of hydrogen-bond acceptors (Lipinski definition) is 4. The van der Waals surface area contributed by atoms with Crippen LogP contribution in [0.25, 0.3) is 0 Å². The smallest absolute Gasteiger partial charge is 0.0701 e. The molecule has 116 valence electrons. The summed E-state index contributed by atoms with van der Waals surface area (Å²) in [5, 5.41) is 0. The third-order valence-corrected chi connectivity index (χ3v) is 3.29. The molecular formula is C15H33NO3. The lowest BCUT2D eigenvalue weighted by Gasteiger charge is -2.18. The summed E-state index contributed by atoms with van der Waals surface area (Å²) in [6.45, 7) is 10.7. The van der Waals surface area contributed by atoms with Gasteiger partial charge in [-0.1, -0.05) is 26.7 Å². The van der Waals surface area contributed by atoms with Crippen molar-refractivity contribution in [3.63, 3.8) is 0 Å². The lowest BCUT2D eigenvalue weighted by molar-refractivity contribution is 0.0114. The van der Waals surface area contributed by atoms with Crippen molar-refractivity contribution in [2.24, 2.45) is 11.7 Å². The highest BCUT2D eigenvalue weighted by molar-refractivity contribution is 4.66. The average Bonchev–Trinajstić information content (AvgIpc) is 2.40. The van der Waals surface area contributed by atoms with E-state index < -0.39 is 0 Å². The normalized spacial score (nSPS) is 14.5. The quantitative estimate of drug-likeness (QED) is 0.495. The average molecular weight is 275 g/mol. The fourth-order valence-corrected chi connectivity index (χ4v) is 1.86. The maximum absolute atomic E-state index is 5.88. The molecule has 2 atom stereocenters. The van der Waals surface area contributed by atoms with Crippen LogP contribution in [0.2, 0.25) is 0 Å². The molecule has 2 N–H and O–H groups in total. The number of unbranched alkanes of at least 4 members (excludes halogenated alkanes) is 1. The van der Waals surface area contributed by atoms with E-state index in [4.69, 9.17) is 19.9 Å². The monoisotopic (exact) mass is 275 g/mol. The van der Waals surface area contributed by atoms with E-state index in [0.29, 0.717) is 32.3 Å². The Morgan fingerprint density at radius 3 is 1.84 bits per heavy atom. The second-order valence-corrected chi connectivity index (χ2v) is 5.01. The molecule has 19 heavy (non-hydrogen) atoms. The van der Waals surface area contributed by atoms with Gasteiger partial charge in [0.15, 0.2) is 0 Å². The van der Waals surface area contributed by atoms with Crippen LogP contribution in [0.1, 0.15) is 46.5 Å². The van der Waals surface area contributed by atoms with E-state index in [1.165, 1.54) is 6.42 Å². The molecule has 0 aromatic rings. The highest BCUT2D eigenvalue weighted by Crippen LogP contribution is 2.11. The van der Waals surface area contributed by atoms with Crippen LogP contribution in [-0.4, -0.2) is 45.7 Å². The molecule has 0 aromatic carbocycles. The summed E-state index contributed by atoms with van der Waals surface area (Å²) in [4.78, 5) is 0. The highest BCUT2D eigenvalue weighted by Gasteiger charge is 2.10. The standard InChI is InChI=1S/C15H33NO3/c1-4-6-8-17-10-12-19-13-11-18-9-7-15(5-2)14(3)16/h14-15H,4-13,16H2,1-3H3. The summed E-state index contributed by atoms with van der Waals surface area (Å²) in [7, 11) is 0. The van der Waals surface area contributed by atoms with Crippen LogP contribution in [-0.2, 0) is 14.2 Å². The SMILES string of the molecule is CCCCOCCOCCOCCC(CC)C(C)N.